The Bertz CT molecular complexity index is 690. The number of alkyl halides is 3. The van der Waals surface area contributed by atoms with Crippen LogP contribution in [-0.4, -0.2) is 10.8 Å². The number of nitrogens with zero attached hydrogens (tertiary/aromatic N) is 1. The molecule has 0 N–H and O–H groups in total. The molecule has 0 spiro atoms. The Morgan fingerprint density at radius 1 is 1.04 bits per heavy atom. The zero-order valence-electron chi connectivity index (χ0n) is 12.6. The Labute approximate surface area is 132 Å². The summed E-state index contributed by atoms with van der Waals surface area (Å²) in [6, 6.07) is 13.9. The van der Waals surface area contributed by atoms with Crippen molar-refractivity contribution in [1.29, 1.82) is 0 Å². The first-order valence-corrected chi connectivity index (χ1v) is 6.97. The number of rotatable bonds is 4. The van der Waals surface area contributed by atoms with Gasteiger partial charge in [0.05, 0.1) is 12.1 Å². The van der Waals surface area contributed by atoms with E-state index in [9.17, 15) is 18.0 Å². The minimum atomic E-state index is -4.38. The van der Waals surface area contributed by atoms with Gasteiger partial charge in [0, 0.05) is 12.6 Å². The number of hydrogen-bond acceptors (Lipinski definition) is 1. The van der Waals surface area contributed by atoms with Gasteiger partial charge in [-0.15, -0.1) is 0 Å². The lowest BCUT2D eigenvalue weighted by Crippen LogP contribution is -2.26. The predicted molar refractivity (Wildman–Crippen MR) is 83.1 cm³/mol. The Morgan fingerprint density at radius 3 is 2.09 bits per heavy atom. The van der Waals surface area contributed by atoms with Crippen molar-refractivity contribution in [2.24, 2.45) is 0 Å². The van der Waals surface area contributed by atoms with E-state index in [4.69, 9.17) is 0 Å². The average Bonchev–Trinajstić information content (AvgIpc) is 2.52. The summed E-state index contributed by atoms with van der Waals surface area (Å²) in [4.78, 5) is 13.3. The molecule has 2 nitrogen and oxygen atoms in total. The lowest BCUT2D eigenvalue weighted by molar-refractivity contribution is -0.137. The summed E-state index contributed by atoms with van der Waals surface area (Å²) in [6.07, 6.45) is -4.38. The standard InChI is InChI=1S/C18H16F3NO/c1-13(16-8-10-17(11-9-16)18(19,20)21)22(14(2)23)12-15-6-4-3-5-7-15/h3-11H,1,12H2,2H3. The van der Waals surface area contributed by atoms with E-state index in [1.54, 1.807) is 0 Å². The minimum absolute atomic E-state index is 0.223. The van der Waals surface area contributed by atoms with Crippen molar-refractivity contribution < 1.29 is 18.0 Å². The number of hydrogen-bond donors (Lipinski definition) is 0. The first-order chi connectivity index (χ1) is 10.8. The summed E-state index contributed by atoms with van der Waals surface area (Å²) in [5.74, 6) is -0.223. The van der Waals surface area contributed by atoms with Gasteiger partial charge in [0.2, 0.25) is 5.91 Å². The third-order valence-corrected chi connectivity index (χ3v) is 3.43. The van der Waals surface area contributed by atoms with Gasteiger partial charge in [0.15, 0.2) is 0 Å². The van der Waals surface area contributed by atoms with Crippen LogP contribution in [0.15, 0.2) is 61.2 Å². The van der Waals surface area contributed by atoms with Crippen LogP contribution in [0.5, 0.6) is 0 Å². The van der Waals surface area contributed by atoms with E-state index in [0.29, 0.717) is 17.8 Å². The van der Waals surface area contributed by atoms with Crippen LogP contribution in [0.2, 0.25) is 0 Å². The highest BCUT2D eigenvalue weighted by atomic mass is 19.4. The maximum atomic E-state index is 12.6. The zero-order chi connectivity index (χ0) is 17.0. The smallest absolute Gasteiger partial charge is 0.308 e. The molecule has 120 valence electrons. The Morgan fingerprint density at radius 2 is 1.61 bits per heavy atom. The van der Waals surface area contributed by atoms with Crippen molar-refractivity contribution in [2.75, 3.05) is 0 Å². The van der Waals surface area contributed by atoms with Crippen LogP contribution in [0.4, 0.5) is 13.2 Å². The van der Waals surface area contributed by atoms with Crippen LogP contribution >= 0.6 is 0 Å². The SMILES string of the molecule is C=C(c1ccc(C(F)(F)F)cc1)N(Cc1ccccc1)C(C)=O. The molecule has 0 fully saturated rings. The largest absolute Gasteiger partial charge is 0.416 e. The summed E-state index contributed by atoms with van der Waals surface area (Å²) >= 11 is 0. The van der Waals surface area contributed by atoms with Gasteiger partial charge in [-0.3, -0.25) is 4.79 Å². The first kappa shape index (κ1) is 16.8. The highest BCUT2D eigenvalue weighted by molar-refractivity contribution is 5.84. The molecule has 2 aromatic rings. The molecular formula is C18H16F3NO. The van der Waals surface area contributed by atoms with Crippen LogP contribution < -0.4 is 0 Å². The van der Waals surface area contributed by atoms with Gasteiger partial charge in [-0.2, -0.15) is 13.2 Å². The number of halogens is 3. The number of carbonyl (C=O) groups is 1. The van der Waals surface area contributed by atoms with E-state index < -0.39 is 11.7 Å². The molecule has 2 rings (SSSR count). The number of amides is 1. The third kappa shape index (κ3) is 4.22. The van der Waals surface area contributed by atoms with Crippen LogP contribution in [-0.2, 0) is 17.5 Å². The molecule has 2 aromatic carbocycles. The molecule has 5 heteroatoms. The molecule has 0 aromatic heterocycles. The van der Waals surface area contributed by atoms with E-state index in [1.807, 2.05) is 30.3 Å². The van der Waals surface area contributed by atoms with Gasteiger partial charge in [0.25, 0.3) is 0 Å². The van der Waals surface area contributed by atoms with Gasteiger partial charge in [0.1, 0.15) is 0 Å². The van der Waals surface area contributed by atoms with Gasteiger partial charge in [-0.25, -0.2) is 0 Å². The third-order valence-electron chi connectivity index (χ3n) is 3.43. The molecule has 0 saturated carbocycles. The van der Waals surface area contributed by atoms with Gasteiger partial charge in [-0.05, 0) is 23.3 Å². The zero-order valence-corrected chi connectivity index (χ0v) is 12.6. The van der Waals surface area contributed by atoms with Gasteiger partial charge < -0.3 is 4.90 Å². The predicted octanol–water partition coefficient (Wildman–Crippen LogP) is 4.72. The quantitative estimate of drug-likeness (QED) is 0.798. The second-order valence-corrected chi connectivity index (χ2v) is 5.11. The fourth-order valence-corrected chi connectivity index (χ4v) is 2.17. The van der Waals surface area contributed by atoms with E-state index in [-0.39, 0.29) is 5.91 Å². The topological polar surface area (TPSA) is 20.3 Å². The monoisotopic (exact) mass is 319 g/mol. The van der Waals surface area contributed by atoms with Crippen molar-refractivity contribution in [3.05, 3.63) is 77.9 Å². The van der Waals surface area contributed by atoms with E-state index in [2.05, 4.69) is 6.58 Å². The number of carbonyl (C=O) groups excluding carboxylic acids is 1. The molecule has 0 atom stereocenters. The van der Waals surface area contributed by atoms with E-state index in [1.165, 1.54) is 24.0 Å². The molecule has 0 aliphatic heterocycles. The second kappa shape index (κ2) is 6.69. The van der Waals surface area contributed by atoms with Gasteiger partial charge in [-0.1, -0.05) is 49.0 Å². The van der Waals surface area contributed by atoms with Crippen LogP contribution in [0, 0.1) is 0 Å². The molecule has 0 aliphatic rings. The Hall–Kier alpha value is -2.56. The normalized spacial score (nSPS) is 11.1. The van der Waals surface area contributed by atoms with Crippen molar-refractivity contribution in [2.45, 2.75) is 19.6 Å². The fourth-order valence-electron chi connectivity index (χ4n) is 2.17. The average molecular weight is 319 g/mol. The van der Waals surface area contributed by atoms with Crippen molar-refractivity contribution in [1.82, 2.24) is 4.90 Å². The molecule has 0 saturated heterocycles. The summed E-state index contributed by atoms with van der Waals surface area (Å²) in [5, 5.41) is 0. The Balaban J connectivity index is 2.23. The molecular weight excluding hydrogens is 303 g/mol. The first-order valence-electron chi connectivity index (χ1n) is 6.97. The van der Waals surface area contributed by atoms with E-state index >= 15 is 0 Å². The molecule has 0 heterocycles. The van der Waals surface area contributed by atoms with Crippen molar-refractivity contribution in [3.8, 4) is 0 Å². The number of benzene rings is 2. The van der Waals surface area contributed by atoms with Gasteiger partial charge >= 0.3 is 6.18 Å². The van der Waals surface area contributed by atoms with Crippen LogP contribution in [0.3, 0.4) is 0 Å². The summed E-state index contributed by atoms with van der Waals surface area (Å²) < 4.78 is 37.8. The molecule has 23 heavy (non-hydrogen) atoms. The maximum Gasteiger partial charge on any atom is 0.416 e. The summed E-state index contributed by atoms with van der Waals surface area (Å²) in [5.41, 5.74) is 1.03. The Kier molecular flexibility index (Phi) is 4.89. The van der Waals surface area contributed by atoms with Crippen molar-refractivity contribution in [3.63, 3.8) is 0 Å². The highest BCUT2D eigenvalue weighted by Crippen LogP contribution is 2.30. The van der Waals surface area contributed by atoms with Crippen molar-refractivity contribution >= 4 is 11.6 Å². The summed E-state index contributed by atoms with van der Waals surface area (Å²) in [7, 11) is 0. The lowest BCUT2D eigenvalue weighted by atomic mass is 10.1. The fraction of sp³-hybridized carbons (Fsp3) is 0.167. The maximum absolute atomic E-state index is 12.6. The van der Waals surface area contributed by atoms with Crippen LogP contribution in [0.1, 0.15) is 23.6 Å². The molecule has 0 bridgehead atoms. The minimum Gasteiger partial charge on any atom is -0.308 e. The van der Waals surface area contributed by atoms with E-state index in [0.717, 1.165) is 17.7 Å². The van der Waals surface area contributed by atoms with Crippen LogP contribution in [0.25, 0.3) is 5.70 Å². The molecule has 1 amide bonds. The summed E-state index contributed by atoms with van der Waals surface area (Å²) in [6.45, 7) is 5.57. The molecule has 0 aliphatic carbocycles. The second-order valence-electron chi connectivity index (χ2n) is 5.11. The molecule has 0 radical (unpaired) electrons. The highest BCUT2D eigenvalue weighted by Gasteiger charge is 2.30. The lowest BCUT2D eigenvalue weighted by Gasteiger charge is -2.24. The molecule has 0 unspecified atom stereocenters.